The molecule has 0 aromatic heterocycles. The molecule has 8 nitrogen and oxygen atoms in total. The third kappa shape index (κ3) is 5.50. The van der Waals surface area contributed by atoms with Crippen LogP contribution in [-0.2, 0) is 23.9 Å². The second-order valence-electron chi connectivity index (χ2n) is 22.4. The number of aliphatic carboxylic acids is 1. The molecule has 6 aliphatic carbocycles. The van der Waals surface area contributed by atoms with Crippen LogP contribution in [0, 0.1) is 68.0 Å². The lowest BCUT2D eigenvalue weighted by Gasteiger charge is -2.72. The zero-order valence-electron chi connectivity index (χ0n) is 35.7. The second kappa shape index (κ2) is 13.1. The lowest BCUT2D eigenvalue weighted by Crippen LogP contribution is -2.66. The number of likely N-dealkylation sites (tertiary alicyclic amines) is 2. The summed E-state index contributed by atoms with van der Waals surface area (Å²) in [4.78, 5) is 59.8. The van der Waals surface area contributed by atoms with Crippen LogP contribution in [-0.4, -0.2) is 76.9 Å². The van der Waals surface area contributed by atoms with E-state index in [1.54, 1.807) is 0 Å². The number of carbonyl (C=O) groups excluding carboxylic acids is 3. The van der Waals surface area contributed by atoms with Gasteiger partial charge in [0.25, 0.3) is 0 Å². The molecular weight excluding hydrogens is 689 g/mol. The number of carboxylic acids is 1. The monoisotopic (exact) mass is 761 g/mol. The first kappa shape index (κ1) is 39.6. The molecule has 0 unspecified atom stereocenters. The molecule has 1 N–H and O–H groups in total. The third-order valence-electron chi connectivity index (χ3n) is 19.2. The summed E-state index contributed by atoms with van der Waals surface area (Å²) in [6, 6.07) is 0.260. The molecule has 7 fully saturated rings. The van der Waals surface area contributed by atoms with Gasteiger partial charge in [-0.25, -0.2) is 0 Å². The minimum absolute atomic E-state index is 0.0162. The van der Waals surface area contributed by atoms with E-state index < -0.39 is 22.7 Å². The summed E-state index contributed by atoms with van der Waals surface area (Å²) in [6.45, 7) is 24.6. The molecule has 0 spiro atoms. The van der Waals surface area contributed by atoms with Crippen molar-refractivity contribution < 1.29 is 29.0 Å². The van der Waals surface area contributed by atoms with Crippen molar-refractivity contribution in [2.24, 2.45) is 68.0 Å². The van der Waals surface area contributed by atoms with Crippen molar-refractivity contribution in [3.8, 4) is 0 Å². The van der Waals surface area contributed by atoms with Crippen molar-refractivity contribution in [2.45, 2.75) is 164 Å². The quantitative estimate of drug-likeness (QED) is 0.259. The third-order valence-corrected chi connectivity index (χ3v) is 19.2. The Morgan fingerprint density at radius 1 is 0.782 bits per heavy atom. The lowest BCUT2D eigenvalue weighted by molar-refractivity contribution is -0.236. The number of Topliss-reactive ketones (excluding diaryl/α,β-unsaturated/α-hetero) is 1. The van der Waals surface area contributed by atoms with Gasteiger partial charge in [-0.1, -0.05) is 62.3 Å². The van der Waals surface area contributed by atoms with Gasteiger partial charge in [0, 0.05) is 31.0 Å². The van der Waals surface area contributed by atoms with Gasteiger partial charge in [-0.15, -0.1) is 0 Å². The fourth-order valence-electron chi connectivity index (χ4n) is 15.9. The molecular formula is C47H72N2O6. The number of carboxylic acid groups (broad SMARTS) is 1. The normalized spacial score (nSPS) is 44.7. The Morgan fingerprint density at radius 3 is 2.15 bits per heavy atom. The van der Waals surface area contributed by atoms with Crippen LogP contribution < -0.4 is 0 Å². The lowest BCUT2D eigenvalue weighted by atomic mass is 9.33. The van der Waals surface area contributed by atoms with Crippen LogP contribution in [0.2, 0.25) is 0 Å². The maximum Gasteiger partial charge on any atom is 0.309 e. The van der Waals surface area contributed by atoms with Crippen LogP contribution in [0.25, 0.3) is 0 Å². The Hall–Kier alpha value is -2.22. The molecule has 55 heavy (non-hydrogen) atoms. The number of carbonyl (C=O) groups is 4. The van der Waals surface area contributed by atoms with Crippen LogP contribution in [0.3, 0.4) is 0 Å². The molecule has 8 aliphatic rings. The van der Waals surface area contributed by atoms with E-state index in [4.69, 9.17) is 4.74 Å². The molecule has 8 heteroatoms. The van der Waals surface area contributed by atoms with E-state index >= 15 is 4.79 Å². The second-order valence-corrected chi connectivity index (χ2v) is 22.4. The summed E-state index contributed by atoms with van der Waals surface area (Å²) in [6.07, 6.45) is 13.1. The zero-order valence-corrected chi connectivity index (χ0v) is 35.7. The first-order chi connectivity index (χ1) is 25.7. The van der Waals surface area contributed by atoms with Crippen molar-refractivity contribution in [1.82, 2.24) is 9.80 Å². The van der Waals surface area contributed by atoms with Gasteiger partial charge in [0.2, 0.25) is 5.91 Å². The van der Waals surface area contributed by atoms with E-state index in [1.807, 2.05) is 13.8 Å². The Balaban J connectivity index is 1.06. The summed E-state index contributed by atoms with van der Waals surface area (Å²) >= 11 is 0. The maximum absolute atomic E-state index is 15.3. The summed E-state index contributed by atoms with van der Waals surface area (Å²) in [5.74, 6) is -0.156. The van der Waals surface area contributed by atoms with Crippen molar-refractivity contribution in [3.05, 3.63) is 11.1 Å². The van der Waals surface area contributed by atoms with Crippen molar-refractivity contribution in [1.29, 1.82) is 0 Å². The molecule has 0 bridgehead atoms. The minimum Gasteiger partial charge on any atom is -0.481 e. The highest BCUT2D eigenvalue weighted by molar-refractivity contribution is 6.07. The zero-order chi connectivity index (χ0) is 39.7. The van der Waals surface area contributed by atoms with Gasteiger partial charge >= 0.3 is 11.9 Å². The number of rotatable bonds is 7. The van der Waals surface area contributed by atoms with E-state index in [2.05, 4.69) is 58.3 Å². The summed E-state index contributed by atoms with van der Waals surface area (Å²) < 4.78 is 6.44. The van der Waals surface area contributed by atoms with E-state index in [-0.39, 0.29) is 69.2 Å². The minimum atomic E-state index is -0.823. The average Bonchev–Trinajstić information content (AvgIpc) is 3.85. The van der Waals surface area contributed by atoms with Crippen molar-refractivity contribution >= 4 is 23.6 Å². The Morgan fingerprint density at radius 2 is 1.49 bits per heavy atom. The summed E-state index contributed by atoms with van der Waals surface area (Å²) in [5, 5.41) is 9.68. The predicted octanol–water partition coefficient (Wildman–Crippen LogP) is 8.71. The van der Waals surface area contributed by atoms with E-state index in [9.17, 15) is 19.5 Å². The standard InChI is InChI=1S/C47H72N2O6/c1-28(2)37-33(50)26-47(41(54)49-24-12-13-29(49)27-48-22-10-11-23-48)21-20-45(8)30(38(37)47)14-15-35-44(7)18-17-36(43(5,6)34(44)16-19-46(35,45)9)55-40(53)32-25-31(39(51)52)42(32,3)4/h28-32,34-36H,10-27H2,1-9H3,(H,51,52)/t29-,30+,31-,32+,34-,35+,36-,44-,45+,46+,47+/m0/s1. The molecule has 8 rings (SSSR count). The first-order valence-corrected chi connectivity index (χ1v) is 22.5. The number of hydrogen-bond acceptors (Lipinski definition) is 6. The molecule has 2 saturated heterocycles. The molecule has 1 amide bonds. The Kier molecular flexibility index (Phi) is 9.46. The fraction of sp³-hybridized carbons (Fsp3) is 0.872. The molecule has 0 aromatic carbocycles. The Labute approximate surface area is 331 Å². The number of fused-ring (bicyclic) bond motifs is 7. The highest BCUT2D eigenvalue weighted by atomic mass is 16.5. The predicted molar refractivity (Wildman–Crippen MR) is 213 cm³/mol. The van der Waals surface area contributed by atoms with Crippen LogP contribution in [0.5, 0.6) is 0 Å². The number of amides is 1. The van der Waals surface area contributed by atoms with E-state index in [1.165, 1.54) is 18.4 Å². The van der Waals surface area contributed by atoms with Crippen LogP contribution >= 0.6 is 0 Å². The largest absolute Gasteiger partial charge is 0.481 e. The molecule has 2 aliphatic heterocycles. The molecule has 5 saturated carbocycles. The van der Waals surface area contributed by atoms with Gasteiger partial charge in [-0.2, -0.15) is 0 Å². The van der Waals surface area contributed by atoms with Crippen molar-refractivity contribution in [3.63, 3.8) is 0 Å². The number of hydrogen-bond donors (Lipinski definition) is 1. The highest BCUT2D eigenvalue weighted by Gasteiger charge is 2.71. The van der Waals surface area contributed by atoms with Crippen LogP contribution in [0.15, 0.2) is 11.1 Å². The molecule has 11 atom stereocenters. The first-order valence-electron chi connectivity index (χ1n) is 22.5. The molecule has 2 heterocycles. The van der Waals surface area contributed by atoms with Gasteiger partial charge < -0.3 is 19.6 Å². The fourth-order valence-corrected chi connectivity index (χ4v) is 15.9. The van der Waals surface area contributed by atoms with Gasteiger partial charge in [-0.05, 0) is 153 Å². The molecule has 0 aromatic rings. The number of allylic oxidation sites excluding steroid dienone is 1. The van der Waals surface area contributed by atoms with Gasteiger partial charge in [-0.3, -0.25) is 19.2 Å². The SMILES string of the molecule is CC(C)C1=C2[C@H]3CC[C@@H]4[C@@]5(C)CC[C@H](OC(=O)[C@H]6C[C@@H](C(=O)O)C6(C)C)C(C)(C)[C@@H]5CC[C@@]4(C)[C@]3(C)CC[C@@]2(C(=O)N2CCC[C@H]2CN2CCCC2)CC1=O. The van der Waals surface area contributed by atoms with Gasteiger partial charge in [0.05, 0.1) is 17.3 Å². The van der Waals surface area contributed by atoms with Gasteiger partial charge in [0.1, 0.15) is 6.10 Å². The number of esters is 1. The highest BCUT2D eigenvalue weighted by Crippen LogP contribution is 2.77. The Bertz CT molecular complexity index is 1660. The molecule has 0 radical (unpaired) electrons. The summed E-state index contributed by atoms with van der Waals surface area (Å²) in [5.41, 5.74) is 0.908. The number of ketones is 1. The smallest absolute Gasteiger partial charge is 0.309 e. The van der Waals surface area contributed by atoms with Gasteiger partial charge in [0.15, 0.2) is 5.78 Å². The van der Waals surface area contributed by atoms with E-state index in [0.29, 0.717) is 24.7 Å². The van der Waals surface area contributed by atoms with Crippen molar-refractivity contribution in [2.75, 3.05) is 26.2 Å². The van der Waals surface area contributed by atoms with Crippen LogP contribution in [0.1, 0.15) is 152 Å². The summed E-state index contributed by atoms with van der Waals surface area (Å²) in [7, 11) is 0. The van der Waals surface area contributed by atoms with E-state index in [0.717, 1.165) is 96.0 Å². The van der Waals surface area contributed by atoms with Crippen LogP contribution in [0.4, 0.5) is 0 Å². The number of ether oxygens (including phenoxy) is 1. The molecule has 306 valence electrons. The number of nitrogens with zero attached hydrogens (tertiary/aromatic N) is 2. The topological polar surface area (TPSA) is 104 Å². The maximum atomic E-state index is 15.3. The average molecular weight is 761 g/mol.